The van der Waals surface area contributed by atoms with E-state index in [9.17, 15) is 18.4 Å². The first-order valence-electron chi connectivity index (χ1n) is 10.4. The van der Waals surface area contributed by atoms with Crippen molar-refractivity contribution in [3.05, 3.63) is 77.8 Å². The van der Waals surface area contributed by atoms with E-state index in [0.717, 1.165) is 12.1 Å². The summed E-state index contributed by atoms with van der Waals surface area (Å²) in [5, 5.41) is 2.93. The molecule has 170 valence electrons. The Kier molecular flexibility index (Phi) is 6.30. The molecular formula is C24H22F2N4O3. The van der Waals surface area contributed by atoms with Crippen molar-refractivity contribution in [1.29, 1.82) is 0 Å². The molecule has 9 heteroatoms. The standard InChI is InChI=1S/C24H22F2N4O3/c1-33-23(32)29-24(22-5-2-3-9-27-22)8-4-10-30(15-24)21-13-28-20(12-17(21)14-31)16-6-7-18(25)19(26)11-16/h2-3,5-7,9,11-14H,4,8,10,15H2,1H3,(H,29,32). The fourth-order valence-electron chi connectivity index (χ4n) is 4.16. The molecule has 1 amide bonds. The molecule has 0 bridgehead atoms. The molecule has 1 atom stereocenters. The lowest BCUT2D eigenvalue weighted by Gasteiger charge is -2.43. The van der Waals surface area contributed by atoms with Crippen molar-refractivity contribution in [3.8, 4) is 11.3 Å². The molecule has 1 saturated heterocycles. The molecule has 2 aromatic heterocycles. The fourth-order valence-corrected chi connectivity index (χ4v) is 4.16. The van der Waals surface area contributed by atoms with E-state index in [1.165, 1.54) is 19.4 Å². The van der Waals surface area contributed by atoms with Gasteiger partial charge in [-0.3, -0.25) is 14.8 Å². The highest BCUT2D eigenvalue weighted by atomic mass is 19.2. The van der Waals surface area contributed by atoms with Crippen molar-refractivity contribution in [2.24, 2.45) is 0 Å². The Morgan fingerprint density at radius 1 is 1.18 bits per heavy atom. The van der Waals surface area contributed by atoms with Crippen LogP contribution in [0.25, 0.3) is 11.3 Å². The third-order valence-corrected chi connectivity index (χ3v) is 5.77. The Labute approximate surface area is 189 Å². The summed E-state index contributed by atoms with van der Waals surface area (Å²) in [7, 11) is 1.30. The Morgan fingerprint density at radius 2 is 2.03 bits per heavy atom. The van der Waals surface area contributed by atoms with E-state index < -0.39 is 23.3 Å². The van der Waals surface area contributed by atoms with Gasteiger partial charge in [-0.1, -0.05) is 6.07 Å². The zero-order valence-electron chi connectivity index (χ0n) is 17.9. The minimum absolute atomic E-state index is 0.339. The number of hydrogen-bond donors (Lipinski definition) is 1. The van der Waals surface area contributed by atoms with Crippen molar-refractivity contribution >= 4 is 18.1 Å². The van der Waals surface area contributed by atoms with Crippen molar-refractivity contribution in [3.63, 3.8) is 0 Å². The van der Waals surface area contributed by atoms with Crippen LogP contribution < -0.4 is 10.2 Å². The number of anilines is 1. The van der Waals surface area contributed by atoms with Gasteiger partial charge in [0.15, 0.2) is 17.9 Å². The Bertz CT molecular complexity index is 1180. The summed E-state index contributed by atoms with van der Waals surface area (Å²) < 4.78 is 31.8. The molecule has 1 N–H and O–H groups in total. The Morgan fingerprint density at radius 3 is 2.73 bits per heavy atom. The second-order valence-corrected chi connectivity index (χ2v) is 7.81. The van der Waals surface area contributed by atoms with Crippen LogP contribution in [-0.2, 0) is 10.3 Å². The third kappa shape index (κ3) is 4.52. The first-order valence-corrected chi connectivity index (χ1v) is 10.4. The lowest BCUT2D eigenvalue weighted by Crippen LogP contribution is -2.57. The van der Waals surface area contributed by atoms with Gasteiger partial charge in [-0.2, -0.15) is 0 Å². The minimum atomic E-state index is -0.990. The topological polar surface area (TPSA) is 84.4 Å². The predicted octanol–water partition coefficient (Wildman–Crippen LogP) is 4.09. The molecule has 0 radical (unpaired) electrons. The number of alkyl carbamates (subject to hydrolysis) is 1. The van der Waals surface area contributed by atoms with Gasteiger partial charge in [0.1, 0.15) is 5.54 Å². The lowest BCUT2D eigenvalue weighted by molar-refractivity contribution is 0.112. The van der Waals surface area contributed by atoms with Crippen LogP contribution in [0.3, 0.4) is 0 Å². The smallest absolute Gasteiger partial charge is 0.407 e. The van der Waals surface area contributed by atoms with E-state index in [-0.39, 0.29) is 0 Å². The minimum Gasteiger partial charge on any atom is -0.453 e. The normalized spacial score (nSPS) is 18.0. The number of piperidine rings is 1. The fraction of sp³-hybridized carbons (Fsp3) is 0.250. The number of nitrogens with one attached hydrogen (secondary N) is 1. The number of aromatic nitrogens is 2. The quantitative estimate of drug-likeness (QED) is 0.587. The van der Waals surface area contributed by atoms with Crippen molar-refractivity contribution in [1.82, 2.24) is 15.3 Å². The van der Waals surface area contributed by atoms with Gasteiger partial charge in [-0.25, -0.2) is 13.6 Å². The maximum absolute atomic E-state index is 13.7. The molecule has 1 aliphatic heterocycles. The number of hydrogen-bond acceptors (Lipinski definition) is 6. The molecule has 4 rings (SSSR count). The van der Waals surface area contributed by atoms with E-state index in [4.69, 9.17) is 4.74 Å². The van der Waals surface area contributed by atoms with Crippen LogP contribution in [0, 0.1) is 11.6 Å². The van der Waals surface area contributed by atoms with Crippen LogP contribution in [0.15, 0.2) is 54.9 Å². The van der Waals surface area contributed by atoms with Crippen molar-refractivity contribution < 1.29 is 23.1 Å². The third-order valence-electron chi connectivity index (χ3n) is 5.77. The van der Waals surface area contributed by atoms with Gasteiger partial charge in [0.2, 0.25) is 0 Å². The van der Waals surface area contributed by atoms with E-state index in [1.54, 1.807) is 18.3 Å². The summed E-state index contributed by atoms with van der Waals surface area (Å²) in [6.45, 7) is 0.969. The number of carbonyl (C=O) groups excluding carboxylic acids is 2. The van der Waals surface area contributed by atoms with Gasteiger partial charge >= 0.3 is 6.09 Å². The summed E-state index contributed by atoms with van der Waals surface area (Å²) in [4.78, 5) is 34.9. The van der Waals surface area contributed by atoms with E-state index in [0.29, 0.717) is 60.4 Å². The summed E-state index contributed by atoms with van der Waals surface area (Å²) in [6.07, 6.45) is 4.66. The maximum atomic E-state index is 13.7. The number of halogens is 2. The lowest BCUT2D eigenvalue weighted by atomic mass is 9.85. The SMILES string of the molecule is COC(=O)NC1(c2ccccn2)CCCN(c2cnc(-c3ccc(F)c(F)c3)cc2C=O)C1. The number of aldehydes is 1. The average Bonchev–Trinajstić information content (AvgIpc) is 2.86. The van der Waals surface area contributed by atoms with Gasteiger partial charge in [0, 0.05) is 30.4 Å². The van der Waals surface area contributed by atoms with Gasteiger partial charge in [-0.15, -0.1) is 0 Å². The summed E-state index contributed by atoms with van der Waals surface area (Å²) >= 11 is 0. The molecule has 7 nitrogen and oxygen atoms in total. The first-order chi connectivity index (χ1) is 16.0. The maximum Gasteiger partial charge on any atom is 0.407 e. The predicted molar refractivity (Wildman–Crippen MR) is 118 cm³/mol. The number of nitrogens with zero attached hydrogens (tertiary/aromatic N) is 3. The number of pyridine rings is 2. The number of methoxy groups -OCH3 is 1. The van der Waals surface area contributed by atoms with Crippen LogP contribution in [0.5, 0.6) is 0 Å². The molecule has 1 fully saturated rings. The molecule has 3 aromatic rings. The molecule has 1 aromatic carbocycles. The first kappa shape index (κ1) is 22.3. The van der Waals surface area contributed by atoms with Crippen LogP contribution in [-0.4, -0.2) is 42.5 Å². The highest BCUT2D eigenvalue weighted by Gasteiger charge is 2.40. The number of amides is 1. The summed E-state index contributed by atoms with van der Waals surface area (Å²) in [5.41, 5.74) is 1.48. The van der Waals surface area contributed by atoms with E-state index >= 15 is 0 Å². The van der Waals surface area contributed by atoms with E-state index in [2.05, 4.69) is 15.3 Å². The summed E-state index contributed by atoms with van der Waals surface area (Å²) in [5.74, 6) is -1.95. The van der Waals surface area contributed by atoms with Crippen LogP contribution in [0.4, 0.5) is 19.3 Å². The number of benzene rings is 1. The average molecular weight is 452 g/mol. The number of rotatable bonds is 5. The van der Waals surface area contributed by atoms with Gasteiger partial charge < -0.3 is 15.0 Å². The van der Waals surface area contributed by atoms with Gasteiger partial charge in [-0.05, 0) is 49.2 Å². The highest BCUT2D eigenvalue weighted by Crippen LogP contribution is 2.35. The van der Waals surface area contributed by atoms with Crippen molar-refractivity contribution in [2.45, 2.75) is 18.4 Å². The second kappa shape index (κ2) is 9.32. The molecule has 1 unspecified atom stereocenters. The Hall–Kier alpha value is -3.88. The van der Waals surface area contributed by atoms with Crippen molar-refractivity contribution in [2.75, 3.05) is 25.1 Å². The molecule has 1 aliphatic rings. The second-order valence-electron chi connectivity index (χ2n) is 7.81. The highest BCUT2D eigenvalue weighted by molar-refractivity contribution is 5.86. The molecule has 3 heterocycles. The van der Waals surface area contributed by atoms with Crippen LogP contribution in [0.1, 0.15) is 28.9 Å². The molecular weight excluding hydrogens is 430 g/mol. The zero-order valence-corrected chi connectivity index (χ0v) is 17.9. The van der Waals surface area contributed by atoms with Gasteiger partial charge in [0.25, 0.3) is 0 Å². The largest absolute Gasteiger partial charge is 0.453 e. The molecule has 0 saturated carbocycles. The van der Waals surface area contributed by atoms with Gasteiger partial charge in [0.05, 0.1) is 30.4 Å². The Balaban J connectivity index is 1.70. The van der Waals surface area contributed by atoms with E-state index in [1.807, 2.05) is 17.0 Å². The van der Waals surface area contributed by atoms with Crippen LogP contribution in [0.2, 0.25) is 0 Å². The zero-order chi connectivity index (χ0) is 23.4. The number of carbonyl (C=O) groups is 2. The monoisotopic (exact) mass is 452 g/mol. The summed E-state index contributed by atoms with van der Waals surface area (Å²) in [6, 6.07) is 10.5. The molecule has 0 spiro atoms. The number of ether oxygens (including phenoxy) is 1. The molecule has 33 heavy (non-hydrogen) atoms. The molecule has 0 aliphatic carbocycles. The van der Waals surface area contributed by atoms with Crippen LogP contribution >= 0.6 is 0 Å².